The molecule has 1 aliphatic heterocycles. The summed E-state index contributed by atoms with van der Waals surface area (Å²) in [7, 11) is 0. The van der Waals surface area contributed by atoms with Crippen LogP contribution < -0.4 is 10.6 Å². The fraction of sp³-hybridized carbons (Fsp3) is 0.462. The van der Waals surface area contributed by atoms with Crippen molar-refractivity contribution in [2.45, 2.75) is 25.0 Å². The Morgan fingerprint density at radius 1 is 1.40 bits per heavy atom. The van der Waals surface area contributed by atoms with Crippen LogP contribution in [0.25, 0.3) is 0 Å². The lowest BCUT2D eigenvalue weighted by Crippen LogP contribution is -2.41. The predicted molar refractivity (Wildman–Crippen MR) is 82.8 cm³/mol. The van der Waals surface area contributed by atoms with Gasteiger partial charge in [-0.25, -0.2) is 0 Å². The maximum atomic E-state index is 11.8. The quantitative estimate of drug-likeness (QED) is 0.784. The fourth-order valence-electron chi connectivity index (χ4n) is 2.12. The number of hydrogen-bond donors (Lipinski definition) is 3. The molecule has 20 heavy (non-hydrogen) atoms. The van der Waals surface area contributed by atoms with Crippen LogP contribution in [-0.2, 0) is 11.2 Å². The summed E-state index contributed by atoms with van der Waals surface area (Å²) in [5.74, 6) is -0.0975. The van der Waals surface area contributed by atoms with Crippen LogP contribution >= 0.6 is 35.6 Å². The average molecular weight is 340 g/mol. The van der Waals surface area contributed by atoms with Crippen LogP contribution in [0.5, 0.6) is 0 Å². The number of hydrogen-bond acceptors (Lipinski definition) is 3. The van der Waals surface area contributed by atoms with E-state index in [1.54, 1.807) is 18.2 Å². The molecule has 112 valence electrons. The van der Waals surface area contributed by atoms with Crippen molar-refractivity contribution in [3.8, 4) is 0 Å². The van der Waals surface area contributed by atoms with Crippen molar-refractivity contribution >= 4 is 41.5 Å². The first-order chi connectivity index (χ1) is 9.08. The van der Waals surface area contributed by atoms with Crippen LogP contribution in [0.1, 0.15) is 12.0 Å². The van der Waals surface area contributed by atoms with Gasteiger partial charge in [-0.3, -0.25) is 4.79 Å². The number of nitrogens with one attached hydrogen (secondary N) is 2. The molecule has 1 fully saturated rings. The van der Waals surface area contributed by atoms with Gasteiger partial charge in [0.1, 0.15) is 0 Å². The monoisotopic (exact) mass is 338 g/mol. The van der Waals surface area contributed by atoms with Crippen molar-refractivity contribution in [1.29, 1.82) is 0 Å². The highest BCUT2D eigenvalue weighted by Crippen LogP contribution is 2.24. The average Bonchev–Trinajstić information content (AvgIpc) is 2.79. The maximum absolute atomic E-state index is 11.8. The second kappa shape index (κ2) is 8.05. The number of amides is 1. The van der Waals surface area contributed by atoms with Crippen LogP contribution in [0.3, 0.4) is 0 Å². The van der Waals surface area contributed by atoms with Crippen LogP contribution in [0.2, 0.25) is 10.0 Å². The van der Waals surface area contributed by atoms with Crippen LogP contribution in [0.4, 0.5) is 0 Å². The first kappa shape index (κ1) is 17.5. The van der Waals surface area contributed by atoms with Crippen molar-refractivity contribution in [1.82, 2.24) is 10.6 Å². The van der Waals surface area contributed by atoms with Gasteiger partial charge in [0, 0.05) is 23.1 Å². The third-order valence-corrected chi connectivity index (χ3v) is 3.87. The second-order valence-corrected chi connectivity index (χ2v) is 5.41. The third kappa shape index (κ3) is 4.50. The molecule has 1 saturated heterocycles. The molecule has 2 rings (SSSR count). The molecule has 4 nitrogen and oxygen atoms in total. The lowest BCUT2D eigenvalue weighted by Gasteiger charge is -2.12. The molecular weight excluding hydrogens is 323 g/mol. The van der Waals surface area contributed by atoms with E-state index in [0.717, 1.165) is 5.56 Å². The number of halogens is 3. The molecule has 1 amide bonds. The number of aliphatic hydroxyl groups is 1. The summed E-state index contributed by atoms with van der Waals surface area (Å²) in [6.07, 6.45) is 0.604. The van der Waals surface area contributed by atoms with Crippen LogP contribution in [0, 0.1) is 0 Å². The summed E-state index contributed by atoms with van der Waals surface area (Å²) in [6.45, 7) is 0.936. The first-order valence-corrected chi connectivity index (χ1v) is 6.95. The Kier molecular flexibility index (Phi) is 7.06. The smallest absolute Gasteiger partial charge is 0.237 e. The van der Waals surface area contributed by atoms with Crippen molar-refractivity contribution in [3.05, 3.63) is 33.8 Å². The summed E-state index contributed by atoms with van der Waals surface area (Å²) >= 11 is 12.1. The van der Waals surface area contributed by atoms with Gasteiger partial charge in [0.25, 0.3) is 0 Å². The summed E-state index contributed by atoms with van der Waals surface area (Å²) in [4.78, 5) is 11.8. The molecule has 2 unspecified atom stereocenters. The first-order valence-electron chi connectivity index (χ1n) is 6.20. The van der Waals surface area contributed by atoms with Gasteiger partial charge in [-0.15, -0.1) is 12.4 Å². The minimum Gasteiger partial charge on any atom is -0.392 e. The Hall–Kier alpha value is -0.520. The molecule has 0 radical (unpaired) electrons. The van der Waals surface area contributed by atoms with Gasteiger partial charge in [0.15, 0.2) is 0 Å². The fourth-order valence-corrected chi connectivity index (χ4v) is 2.71. The minimum atomic E-state index is -0.436. The van der Waals surface area contributed by atoms with E-state index in [-0.39, 0.29) is 24.4 Å². The third-order valence-electron chi connectivity index (χ3n) is 3.16. The van der Waals surface area contributed by atoms with Gasteiger partial charge in [0.05, 0.1) is 12.1 Å². The van der Waals surface area contributed by atoms with E-state index in [0.29, 0.717) is 36.0 Å². The maximum Gasteiger partial charge on any atom is 0.237 e. The van der Waals surface area contributed by atoms with Gasteiger partial charge >= 0.3 is 0 Å². The molecule has 2 atom stereocenters. The largest absolute Gasteiger partial charge is 0.392 e. The summed E-state index contributed by atoms with van der Waals surface area (Å²) < 4.78 is 0. The van der Waals surface area contributed by atoms with E-state index in [1.165, 1.54) is 0 Å². The van der Waals surface area contributed by atoms with Gasteiger partial charge in [-0.1, -0.05) is 29.3 Å². The molecule has 3 N–H and O–H groups in total. The molecule has 0 aliphatic carbocycles. The number of benzene rings is 1. The van der Waals surface area contributed by atoms with E-state index in [4.69, 9.17) is 23.2 Å². The van der Waals surface area contributed by atoms with Crippen molar-refractivity contribution in [3.63, 3.8) is 0 Å². The van der Waals surface area contributed by atoms with Crippen LogP contribution in [0.15, 0.2) is 18.2 Å². The highest BCUT2D eigenvalue weighted by molar-refractivity contribution is 6.35. The lowest BCUT2D eigenvalue weighted by molar-refractivity contribution is -0.122. The van der Waals surface area contributed by atoms with E-state index < -0.39 is 6.10 Å². The van der Waals surface area contributed by atoms with Crippen molar-refractivity contribution in [2.24, 2.45) is 0 Å². The highest BCUT2D eigenvalue weighted by Gasteiger charge is 2.27. The number of rotatable bonds is 4. The normalized spacial score (nSPS) is 21.4. The Morgan fingerprint density at radius 2 is 2.05 bits per heavy atom. The zero-order chi connectivity index (χ0) is 13.8. The van der Waals surface area contributed by atoms with E-state index >= 15 is 0 Å². The molecule has 7 heteroatoms. The number of aliphatic hydroxyl groups excluding tert-OH is 1. The van der Waals surface area contributed by atoms with E-state index in [9.17, 15) is 9.90 Å². The Labute approximate surface area is 134 Å². The topological polar surface area (TPSA) is 61.4 Å². The molecule has 1 aromatic carbocycles. The Morgan fingerprint density at radius 3 is 2.60 bits per heavy atom. The van der Waals surface area contributed by atoms with Gasteiger partial charge in [0.2, 0.25) is 5.91 Å². The molecule has 0 saturated carbocycles. The molecule has 0 bridgehead atoms. The standard InChI is InChI=1S/C13H16Cl2N2O2.ClH/c14-10-2-1-3-11(15)9(10)4-5-16-13(19)12-6-8(18)7-17-12;/h1-3,8,12,17-18H,4-7H2,(H,16,19);1H. The van der Waals surface area contributed by atoms with Crippen molar-refractivity contribution in [2.75, 3.05) is 13.1 Å². The molecule has 1 aromatic rings. The van der Waals surface area contributed by atoms with Gasteiger partial charge < -0.3 is 15.7 Å². The van der Waals surface area contributed by atoms with Gasteiger partial charge in [-0.2, -0.15) is 0 Å². The van der Waals surface area contributed by atoms with Crippen molar-refractivity contribution < 1.29 is 9.90 Å². The highest BCUT2D eigenvalue weighted by atomic mass is 35.5. The number of carbonyl (C=O) groups excluding carboxylic acids is 1. The summed E-state index contributed by atoms with van der Waals surface area (Å²) in [5.41, 5.74) is 0.838. The van der Waals surface area contributed by atoms with Crippen LogP contribution in [-0.4, -0.2) is 36.2 Å². The Bertz CT molecular complexity index is 451. The van der Waals surface area contributed by atoms with Gasteiger partial charge in [-0.05, 0) is 30.5 Å². The zero-order valence-electron chi connectivity index (χ0n) is 10.7. The number of β-amino-alcohol motifs (C(OH)–C–C–N with tert-alkyl or cyclic N) is 1. The molecule has 1 heterocycles. The predicted octanol–water partition coefficient (Wildman–Crippen LogP) is 1.80. The molecule has 0 aromatic heterocycles. The Balaban J connectivity index is 0.00000200. The zero-order valence-corrected chi connectivity index (χ0v) is 13.1. The van der Waals surface area contributed by atoms with E-state index in [2.05, 4.69) is 10.6 Å². The SMILES string of the molecule is Cl.O=C(NCCc1c(Cl)cccc1Cl)C1CC(O)CN1. The molecule has 1 aliphatic rings. The summed E-state index contributed by atoms with van der Waals surface area (Å²) in [5, 5.41) is 16.3. The molecular formula is C13H17Cl3N2O2. The number of carbonyl (C=O) groups is 1. The second-order valence-electron chi connectivity index (χ2n) is 4.59. The minimum absolute atomic E-state index is 0. The summed E-state index contributed by atoms with van der Waals surface area (Å²) in [6, 6.07) is 5.03. The molecule has 0 spiro atoms. The lowest BCUT2D eigenvalue weighted by atomic mass is 10.1. The van der Waals surface area contributed by atoms with E-state index in [1.807, 2.05) is 0 Å².